The van der Waals surface area contributed by atoms with Gasteiger partial charge in [0.25, 0.3) is 0 Å². The van der Waals surface area contributed by atoms with E-state index in [1.54, 1.807) is 0 Å². The Kier molecular flexibility index (Phi) is 7.03. The van der Waals surface area contributed by atoms with Gasteiger partial charge in [0.05, 0.1) is 12.6 Å². The number of aliphatic carboxylic acids is 1. The van der Waals surface area contributed by atoms with Gasteiger partial charge in [-0.3, -0.25) is 9.69 Å². The Hall–Kier alpha value is -2.08. The Morgan fingerprint density at radius 3 is 2.23 bits per heavy atom. The minimum atomic E-state index is -0.807. The van der Waals surface area contributed by atoms with E-state index in [0.29, 0.717) is 12.5 Å². The number of carbonyl (C=O) groups excluding carboxylic acids is 1. The van der Waals surface area contributed by atoms with Gasteiger partial charge in [-0.15, -0.1) is 0 Å². The van der Waals surface area contributed by atoms with Crippen LogP contribution in [-0.2, 0) is 4.79 Å². The number of carboxylic acid groups (broad SMARTS) is 1. The Morgan fingerprint density at radius 2 is 1.73 bits per heavy atom. The quantitative estimate of drug-likeness (QED) is 0.664. The Labute approximate surface area is 156 Å². The molecule has 3 N–H and O–H groups in total. The number of nitrogens with one attached hydrogen (secondary N) is 2. The number of urea groups is 1. The Bertz CT molecular complexity index is 609. The van der Waals surface area contributed by atoms with Crippen molar-refractivity contribution in [2.75, 3.05) is 13.1 Å². The molecule has 1 fully saturated rings. The van der Waals surface area contributed by atoms with Crippen molar-refractivity contribution in [3.63, 3.8) is 0 Å². The highest BCUT2D eigenvalue weighted by Crippen LogP contribution is 2.25. The molecule has 1 aromatic rings. The molecule has 0 aliphatic heterocycles. The zero-order chi connectivity index (χ0) is 19.3. The van der Waals surface area contributed by atoms with Crippen molar-refractivity contribution in [3.05, 3.63) is 35.4 Å². The van der Waals surface area contributed by atoms with Gasteiger partial charge in [-0.2, -0.15) is 0 Å². The minimum Gasteiger partial charge on any atom is -0.480 e. The van der Waals surface area contributed by atoms with Gasteiger partial charge in [-0.25, -0.2) is 4.79 Å². The molecule has 0 bridgehead atoms. The van der Waals surface area contributed by atoms with Crippen LogP contribution in [0.25, 0.3) is 0 Å². The predicted molar refractivity (Wildman–Crippen MR) is 102 cm³/mol. The van der Waals surface area contributed by atoms with Gasteiger partial charge in [0.15, 0.2) is 0 Å². The first-order valence-corrected chi connectivity index (χ1v) is 9.42. The fourth-order valence-electron chi connectivity index (χ4n) is 3.35. The number of hydrogen-bond acceptors (Lipinski definition) is 3. The second-order valence-corrected chi connectivity index (χ2v) is 7.44. The first-order valence-electron chi connectivity index (χ1n) is 9.42. The highest BCUT2D eigenvalue weighted by molar-refractivity contribution is 5.75. The third-order valence-corrected chi connectivity index (χ3v) is 5.16. The van der Waals surface area contributed by atoms with Gasteiger partial charge in [0.2, 0.25) is 0 Å². The first kappa shape index (κ1) is 20.2. The molecule has 0 spiro atoms. The van der Waals surface area contributed by atoms with E-state index in [1.165, 1.54) is 5.56 Å². The molecule has 2 amide bonds. The zero-order valence-electron chi connectivity index (χ0n) is 16.2. The minimum absolute atomic E-state index is 0.0590. The fraction of sp³-hybridized carbons (Fsp3) is 0.600. The van der Waals surface area contributed by atoms with Crippen molar-refractivity contribution < 1.29 is 14.7 Å². The summed E-state index contributed by atoms with van der Waals surface area (Å²) in [5, 5.41) is 14.9. The summed E-state index contributed by atoms with van der Waals surface area (Å²) in [6, 6.07) is 8.44. The average molecular weight is 361 g/mol. The van der Waals surface area contributed by atoms with E-state index < -0.39 is 5.97 Å². The number of carboxylic acids is 1. The van der Waals surface area contributed by atoms with Crippen LogP contribution in [0.2, 0.25) is 0 Å². The Balaban J connectivity index is 1.76. The maximum absolute atomic E-state index is 12.2. The standard InChI is InChI=1S/C20H31N3O3/c1-5-23(12-19(24)25)18-10-17(11-18)22-20(26)21-14(4)16-8-6-15(7-9-16)13(2)3/h6-9,13-14,17-18H,5,10-12H2,1-4H3,(H,24,25)(H2,21,22,26). The summed E-state index contributed by atoms with van der Waals surface area (Å²) in [7, 11) is 0. The molecular weight excluding hydrogens is 330 g/mol. The van der Waals surface area contributed by atoms with Crippen molar-refractivity contribution in [1.82, 2.24) is 15.5 Å². The van der Waals surface area contributed by atoms with Gasteiger partial charge in [0.1, 0.15) is 0 Å². The largest absolute Gasteiger partial charge is 0.480 e. The highest BCUT2D eigenvalue weighted by atomic mass is 16.4. The van der Waals surface area contributed by atoms with Crippen LogP contribution in [0, 0.1) is 0 Å². The SMILES string of the molecule is CCN(CC(=O)O)C1CC(NC(=O)NC(C)c2ccc(C(C)C)cc2)C1. The third kappa shape index (κ3) is 5.46. The van der Waals surface area contributed by atoms with E-state index in [1.807, 2.05) is 18.7 Å². The monoisotopic (exact) mass is 361 g/mol. The molecule has 1 aromatic carbocycles. The zero-order valence-corrected chi connectivity index (χ0v) is 16.2. The van der Waals surface area contributed by atoms with E-state index >= 15 is 0 Å². The van der Waals surface area contributed by atoms with Crippen molar-refractivity contribution in [2.45, 2.75) is 64.6 Å². The number of hydrogen-bond donors (Lipinski definition) is 3. The van der Waals surface area contributed by atoms with Crippen LogP contribution < -0.4 is 10.6 Å². The highest BCUT2D eigenvalue weighted by Gasteiger charge is 2.34. The van der Waals surface area contributed by atoms with Gasteiger partial charge in [-0.05, 0) is 43.4 Å². The van der Waals surface area contributed by atoms with Crippen molar-refractivity contribution in [2.24, 2.45) is 0 Å². The van der Waals surface area contributed by atoms with Crippen LogP contribution in [0.1, 0.15) is 63.6 Å². The number of benzene rings is 1. The van der Waals surface area contributed by atoms with E-state index in [-0.39, 0.29) is 30.7 Å². The number of nitrogens with zero attached hydrogens (tertiary/aromatic N) is 1. The molecule has 1 saturated carbocycles. The van der Waals surface area contributed by atoms with Crippen LogP contribution in [0.3, 0.4) is 0 Å². The number of rotatable bonds is 8. The van der Waals surface area contributed by atoms with Crippen LogP contribution in [0.5, 0.6) is 0 Å². The average Bonchev–Trinajstić information content (AvgIpc) is 2.55. The molecule has 6 heteroatoms. The molecule has 0 radical (unpaired) electrons. The van der Waals surface area contributed by atoms with Crippen LogP contribution in [-0.4, -0.2) is 47.2 Å². The lowest BCUT2D eigenvalue weighted by atomic mass is 9.85. The molecule has 0 saturated heterocycles. The molecule has 1 unspecified atom stereocenters. The second-order valence-electron chi connectivity index (χ2n) is 7.44. The summed E-state index contributed by atoms with van der Waals surface area (Å²) in [5.41, 5.74) is 2.36. The predicted octanol–water partition coefficient (Wildman–Crippen LogP) is 3.11. The lowest BCUT2D eigenvalue weighted by molar-refractivity contribution is -0.139. The number of carbonyl (C=O) groups is 2. The molecule has 1 atom stereocenters. The lowest BCUT2D eigenvalue weighted by Gasteiger charge is -2.42. The number of likely N-dealkylation sites (N-methyl/N-ethyl adjacent to an activating group) is 1. The van der Waals surface area contributed by atoms with E-state index in [0.717, 1.165) is 18.4 Å². The lowest BCUT2D eigenvalue weighted by Crippen LogP contribution is -2.56. The number of amides is 2. The van der Waals surface area contributed by atoms with Crippen LogP contribution >= 0.6 is 0 Å². The smallest absolute Gasteiger partial charge is 0.317 e. The van der Waals surface area contributed by atoms with Crippen LogP contribution in [0.4, 0.5) is 4.79 Å². The molecule has 26 heavy (non-hydrogen) atoms. The molecule has 1 aliphatic carbocycles. The summed E-state index contributed by atoms with van der Waals surface area (Å²) >= 11 is 0. The van der Waals surface area contributed by atoms with E-state index in [2.05, 4.69) is 48.7 Å². The fourth-order valence-corrected chi connectivity index (χ4v) is 3.35. The summed E-state index contributed by atoms with van der Waals surface area (Å²) in [4.78, 5) is 25.0. The maximum Gasteiger partial charge on any atom is 0.317 e. The van der Waals surface area contributed by atoms with Crippen LogP contribution in [0.15, 0.2) is 24.3 Å². The topological polar surface area (TPSA) is 81.7 Å². The third-order valence-electron chi connectivity index (χ3n) is 5.16. The van der Waals surface area contributed by atoms with Gasteiger partial charge < -0.3 is 15.7 Å². The van der Waals surface area contributed by atoms with Crippen molar-refractivity contribution in [3.8, 4) is 0 Å². The molecule has 1 aliphatic rings. The maximum atomic E-state index is 12.2. The summed E-state index contributed by atoms with van der Waals surface area (Å²) in [6.45, 7) is 9.02. The van der Waals surface area contributed by atoms with Gasteiger partial charge in [0, 0.05) is 12.1 Å². The molecule has 2 rings (SSSR count). The molecule has 0 heterocycles. The summed E-state index contributed by atoms with van der Waals surface area (Å²) in [5.74, 6) is -0.315. The van der Waals surface area contributed by atoms with Crippen molar-refractivity contribution >= 4 is 12.0 Å². The van der Waals surface area contributed by atoms with E-state index in [4.69, 9.17) is 5.11 Å². The first-order chi connectivity index (χ1) is 12.3. The van der Waals surface area contributed by atoms with E-state index in [9.17, 15) is 9.59 Å². The molecule has 144 valence electrons. The normalized spacial score (nSPS) is 20.5. The molecule has 0 aromatic heterocycles. The molecular formula is C20H31N3O3. The summed E-state index contributed by atoms with van der Waals surface area (Å²) in [6.07, 6.45) is 1.60. The molecule has 6 nitrogen and oxygen atoms in total. The Morgan fingerprint density at radius 1 is 1.15 bits per heavy atom. The van der Waals surface area contributed by atoms with Crippen molar-refractivity contribution in [1.29, 1.82) is 0 Å². The second kappa shape index (κ2) is 9.03. The summed E-state index contributed by atoms with van der Waals surface area (Å²) < 4.78 is 0. The van der Waals surface area contributed by atoms with Gasteiger partial charge in [-0.1, -0.05) is 45.0 Å². The van der Waals surface area contributed by atoms with Gasteiger partial charge >= 0.3 is 12.0 Å².